The predicted molar refractivity (Wildman–Crippen MR) is 97.2 cm³/mol. The molecule has 1 amide bonds. The Morgan fingerprint density at radius 1 is 1.15 bits per heavy atom. The van der Waals surface area contributed by atoms with Crippen LogP contribution in [0.4, 0.5) is 0 Å². The van der Waals surface area contributed by atoms with Crippen LogP contribution in [0.25, 0.3) is 5.69 Å². The van der Waals surface area contributed by atoms with E-state index in [2.05, 4.69) is 4.98 Å². The molecule has 2 aromatic carbocycles. The van der Waals surface area contributed by atoms with Crippen molar-refractivity contribution in [3.05, 3.63) is 84.4 Å². The number of carboxylic acids is 1. The van der Waals surface area contributed by atoms with Crippen molar-refractivity contribution in [3.63, 3.8) is 0 Å². The Hall–Kier alpha value is -3.41. The zero-order chi connectivity index (χ0) is 18.5. The van der Waals surface area contributed by atoms with Crippen LogP contribution in [0.5, 0.6) is 0 Å². The van der Waals surface area contributed by atoms with Gasteiger partial charge in [-0.2, -0.15) is 0 Å². The first-order chi connectivity index (χ1) is 12.6. The molecule has 0 aliphatic carbocycles. The molecule has 0 saturated heterocycles. The lowest BCUT2D eigenvalue weighted by Gasteiger charge is -2.25. The van der Waals surface area contributed by atoms with Gasteiger partial charge in [0.2, 0.25) is 0 Å². The van der Waals surface area contributed by atoms with Gasteiger partial charge in [-0.05, 0) is 23.8 Å². The first-order valence-corrected chi connectivity index (χ1v) is 8.18. The summed E-state index contributed by atoms with van der Waals surface area (Å²) >= 11 is 0. The van der Waals surface area contributed by atoms with Gasteiger partial charge in [0.05, 0.1) is 6.33 Å². The second-order valence-electron chi connectivity index (χ2n) is 5.98. The van der Waals surface area contributed by atoms with E-state index in [1.54, 1.807) is 41.5 Å². The highest BCUT2D eigenvalue weighted by Crippen LogP contribution is 2.15. The number of hydrogen-bond acceptors (Lipinski definition) is 3. The van der Waals surface area contributed by atoms with Crippen molar-refractivity contribution in [1.29, 1.82) is 0 Å². The Morgan fingerprint density at radius 2 is 1.92 bits per heavy atom. The fourth-order valence-corrected chi connectivity index (χ4v) is 2.78. The van der Waals surface area contributed by atoms with Crippen molar-refractivity contribution in [1.82, 2.24) is 14.5 Å². The first kappa shape index (κ1) is 17.4. The number of likely N-dealkylation sites (N-methyl/N-ethyl adjacent to an activating group) is 1. The van der Waals surface area contributed by atoms with E-state index < -0.39 is 12.0 Å². The molecule has 3 aromatic rings. The third kappa shape index (κ3) is 3.80. The van der Waals surface area contributed by atoms with Crippen molar-refractivity contribution >= 4 is 11.9 Å². The maximum absolute atomic E-state index is 12.8. The molecule has 0 spiro atoms. The minimum Gasteiger partial charge on any atom is -0.480 e. The highest BCUT2D eigenvalue weighted by molar-refractivity contribution is 5.97. The zero-order valence-corrected chi connectivity index (χ0v) is 14.3. The summed E-state index contributed by atoms with van der Waals surface area (Å²) in [6, 6.07) is 15.4. The Bertz CT molecular complexity index is 892. The molecule has 1 aromatic heterocycles. The lowest BCUT2D eigenvalue weighted by Crippen LogP contribution is -2.43. The van der Waals surface area contributed by atoms with E-state index >= 15 is 0 Å². The molecule has 6 nitrogen and oxygen atoms in total. The standard InChI is InChI=1S/C20H19N3O3/c1-22(18(20(25)26)12-15-6-3-2-4-7-15)19(24)16-8-5-9-17(13-16)23-11-10-21-14-23/h2-11,13-14,18H,12H2,1H3,(H,25,26). The van der Waals surface area contributed by atoms with Gasteiger partial charge in [0.15, 0.2) is 0 Å². The monoisotopic (exact) mass is 349 g/mol. The maximum Gasteiger partial charge on any atom is 0.326 e. The number of aliphatic carboxylic acids is 1. The van der Waals surface area contributed by atoms with Gasteiger partial charge in [0.1, 0.15) is 6.04 Å². The molecule has 1 heterocycles. The van der Waals surface area contributed by atoms with Crippen LogP contribution in [0.15, 0.2) is 73.3 Å². The van der Waals surface area contributed by atoms with Gasteiger partial charge in [-0.3, -0.25) is 4.79 Å². The molecular formula is C20H19N3O3. The van der Waals surface area contributed by atoms with Gasteiger partial charge < -0.3 is 14.6 Å². The Labute approximate surface area is 151 Å². The Morgan fingerprint density at radius 3 is 2.58 bits per heavy atom. The maximum atomic E-state index is 12.8. The minimum absolute atomic E-state index is 0.250. The number of imidazole rings is 1. The van der Waals surface area contributed by atoms with Crippen LogP contribution in [-0.4, -0.2) is 44.5 Å². The van der Waals surface area contributed by atoms with Crippen LogP contribution < -0.4 is 0 Å². The van der Waals surface area contributed by atoms with Crippen molar-refractivity contribution in [2.45, 2.75) is 12.5 Å². The van der Waals surface area contributed by atoms with Gasteiger partial charge in [0, 0.05) is 37.1 Å². The second kappa shape index (κ2) is 7.65. The highest BCUT2D eigenvalue weighted by Gasteiger charge is 2.27. The largest absolute Gasteiger partial charge is 0.480 e. The summed E-state index contributed by atoms with van der Waals surface area (Å²) in [6.45, 7) is 0. The summed E-state index contributed by atoms with van der Waals surface area (Å²) in [5.74, 6) is -1.37. The van der Waals surface area contributed by atoms with E-state index in [-0.39, 0.29) is 12.3 Å². The Balaban J connectivity index is 1.83. The number of carboxylic acid groups (broad SMARTS) is 1. The number of hydrogen-bond donors (Lipinski definition) is 1. The number of carbonyl (C=O) groups excluding carboxylic acids is 1. The molecule has 6 heteroatoms. The fraction of sp³-hybridized carbons (Fsp3) is 0.150. The van der Waals surface area contributed by atoms with E-state index in [9.17, 15) is 14.7 Å². The molecule has 1 unspecified atom stereocenters. The van der Waals surface area contributed by atoms with Crippen molar-refractivity contribution in [2.75, 3.05) is 7.05 Å². The highest BCUT2D eigenvalue weighted by atomic mass is 16.4. The van der Waals surface area contributed by atoms with Crippen molar-refractivity contribution in [2.24, 2.45) is 0 Å². The SMILES string of the molecule is CN(C(=O)c1cccc(-n2ccnc2)c1)C(Cc1ccccc1)C(=O)O. The van der Waals surface area contributed by atoms with Crippen LogP contribution in [0.3, 0.4) is 0 Å². The normalized spacial score (nSPS) is 11.7. The molecule has 3 rings (SSSR count). The third-order valence-electron chi connectivity index (χ3n) is 4.24. The number of benzene rings is 2. The minimum atomic E-state index is -1.03. The summed E-state index contributed by atoms with van der Waals surface area (Å²) in [5, 5.41) is 9.60. The van der Waals surface area contributed by atoms with Crippen LogP contribution in [0.1, 0.15) is 15.9 Å². The first-order valence-electron chi connectivity index (χ1n) is 8.18. The molecule has 1 atom stereocenters. The molecule has 0 bridgehead atoms. The summed E-state index contributed by atoms with van der Waals surface area (Å²) in [5.41, 5.74) is 2.08. The lowest BCUT2D eigenvalue weighted by atomic mass is 10.0. The second-order valence-corrected chi connectivity index (χ2v) is 5.98. The molecule has 0 saturated carbocycles. The van der Waals surface area contributed by atoms with Crippen LogP contribution in [0.2, 0.25) is 0 Å². The smallest absolute Gasteiger partial charge is 0.326 e. The number of amides is 1. The summed E-state index contributed by atoms with van der Waals surface area (Å²) in [6.07, 6.45) is 5.33. The van der Waals surface area contributed by atoms with Crippen molar-refractivity contribution in [3.8, 4) is 5.69 Å². The lowest BCUT2D eigenvalue weighted by molar-refractivity contribution is -0.141. The number of rotatable bonds is 6. The van der Waals surface area contributed by atoms with Crippen molar-refractivity contribution < 1.29 is 14.7 Å². The van der Waals surface area contributed by atoms with E-state index in [1.165, 1.54) is 11.9 Å². The topological polar surface area (TPSA) is 75.4 Å². The van der Waals surface area contributed by atoms with E-state index in [0.29, 0.717) is 5.56 Å². The third-order valence-corrected chi connectivity index (χ3v) is 4.24. The number of carbonyl (C=O) groups is 2. The van der Waals surface area contributed by atoms with Gasteiger partial charge in [-0.1, -0.05) is 36.4 Å². The number of nitrogens with zero attached hydrogens (tertiary/aromatic N) is 3. The molecule has 0 aliphatic heterocycles. The predicted octanol–water partition coefficient (Wildman–Crippen LogP) is 2.64. The average Bonchev–Trinajstić information content (AvgIpc) is 3.20. The molecular weight excluding hydrogens is 330 g/mol. The van der Waals surface area contributed by atoms with Crippen LogP contribution in [-0.2, 0) is 11.2 Å². The molecule has 132 valence electrons. The average molecular weight is 349 g/mol. The fourth-order valence-electron chi connectivity index (χ4n) is 2.78. The van der Waals surface area contributed by atoms with Crippen LogP contribution in [0, 0.1) is 0 Å². The van der Waals surface area contributed by atoms with Gasteiger partial charge in [-0.15, -0.1) is 0 Å². The summed E-state index contributed by atoms with van der Waals surface area (Å²) < 4.78 is 1.79. The quantitative estimate of drug-likeness (QED) is 0.742. The molecule has 0 radical (unpaired) electrons. The van der Waals surface area contributed by atoms with Gasteiger partial charge >= 0.3 is 5.97 Å². The molecule has 0 aliphatic rings. The number of aromatic nitrogens is 2. The molecule has 1 N–H and O–H groups in total. The zero-order valence-electron chi connectivity index (χ0n) is 14.3. The van der Waals surface area contributed by atoms with E-state index in [1.807, 2.05) is 36.4 Å². The van der Waals surface area contributed by atoms with E-state index in [0.717, 1.165) is 11.3 Å². The van der Waals surface area contributed by atoms with Gasteiger partial charge in [0.25, 0.3) is 5.91 Å². The van der Waals surface area contributed by atoms with Gasteiger partial charge in [-0.25, -0.2) is 9.78 Å². The van der Waals surface area contributed by atoms with Crippen LogP contribution >= 0.6 is 0 Å². The van der Waals surface area contributed by atoms with E-state index in [4.69, 9.17) is 0 Å². The molecule has 26 heavy (non-hydrogen) atoms. The summed E-state index contributed by atoms with van der Waals surface area (Å²) in [7, 11) is 1.52. The molecule has 0 fully saturated rings. The Kier molecular flexibility index (Phi) is 5.12. The summed E-state index contributed by atoms with van der Waals surface area (Å²) in [4.78, 5) is 29.8.